The minimum absolute atomic E-state index is 0.00543. The lowest BCUT2D eigenvalue weighted by Crippen LogP contribution is -2.54. The van der Waals surface area contributed by atoms with Gasteiger partial charge < -0.3 is 9.84 Å². The van der Waals surface area contributed by atoms with Crippen LogP contribution in [0.3, 0.4) is 0 Å². The fourth-order valence-electron chi connectivity index (χ4n) is 4.29. The molecule has 0 aliphatic carbocycles. The van der Waals surface area contributed by atoms with Crippen LogP contribution in [0.2, 0.25) is 0 Å². The van der Waals surface area contributed by atoms with Gasteiger partial charge in [-0.15, -0.1) is 0 Å². The monoisotopic (exact) mass is 553 g/mol. The first kappa shape index (κ1) is 26.2. The number of rotatable bonds is 7. The Morgan fingerprint density at radius 2 is 1.80 bits per heavy atom. The molecule has 1 fully saturated rings. The predicted molar refractivity (Wildman–Crippen MR) is 151 cm³/mol. The highest BCUT2D eigenvalue weighted by molar-refractivity contribution is 7.80. The average Bonchev–Trinajstić information content (AvgIpc) is 2.94. The lowest BCUT2D eigenvalue weighted by Gasteiger charge is -2.29. The summed E-state index contributed by atoms with van der Waals surface area (Å²) in [5, 5.41) is 24.4. The number of aromatic carboxylic acids is 1. The fraction of sp³-hybridized carbons (Fsp3) is 0.0345. The second-order valence-electron chi connectivity index (χ2n) is 8.73. The number of hydrogen-bond acceptors (Lipinski definition) is 7. The fourth-order valence-corrected chi connectivity index (χ4v) is 4.57. The molecule has 11 heteroatoms. The number of anilines is 1. The molecular weight excluding hydrogens is 534 g/mol. The molecule has 1 saturated heterocycles. The highest BCUT2D eigenvalue weighted by Gasteiger charge is 2.35. The molecular formula is C29H19N3O7S. The third-order valence-electron chi connectivity index (χ3n) is 6.19. The summed E-state index contributed by atoms with van der Waals surface area (Å²) in [6.07, 6.45) is 1.40. The van der Waals surface area contributed by atoms with Crippen molar-refractivity contribution in [3.8, 4) is 5.75 Å². The van der Waals surface area contributed by atoms with Gasteiger partial charge in [-0.25, -0.2) is 4.79 Å². The van der Waals surface area contributed by atoms with Gasteiger partial charge in [-0.3, -0.25) is 29.9 Å². The van der Waals surface area contributed by atoms with E-state index in [0.29, 0.717) is 22.3 Å². The van der Waals surface area contributed by atoms with E-state index >= 15 is 0 Å². The van der Waals surface area contributed by atoms with E-state index in [9.17, 15) is 29.6 Å². The Balaban J connectivity index is 1.57. The van der Waals surface area contributed by atoms with Gasteiger partial charge in [0.1, 0.15) is 17.9 Å². The van der Waals surface area contributed by atoms with Gasteiger partial charge in [-0.05, 0) is 58.9 Å². The highest BCUT2D eigenvalue weighted by Crippen LogP contribution is 2.32. The Hall–Kier alpha value is -5.42. The van der Waals surface area contributed by atoms with Crippen molar-refractivity contribution in [2.45, 2.75) is 6.61 Å². The Morgan fingerprint density at radius 1 is 1.02 bits per heavy atom. The molecule has 0 spiro atoms. The summed E-state index contributed by atoms with van der Waals surface area (Å²) in [7, 11) is 0. The molecule has 0 unspecified atom stereocenters. The zero-order valence-corrected chi connectivity index (χ0v) is 21.4. The molecule has 0 bridgehead atoms. The summed E-state index contributed by atoms with van der Waals surface area (Å²) in [6, 6.07) is 22.5. The molecule has 4 aromatic carbocycles. The average molecular weight is 554 g/mol. The number of nitrogens with zero attached hydrogens (tertiary/aromatic N) is 2. The minimum atomic E-state index is -1.18. The number of carboxylic acid groups (broad SMARTS) is 1. The summed E-state index contributed by atoms with van der Waals surface area (Å²) >= 11 is 5.24. The van der Waals surface area contributed by atoms with Gasteiger partial charge in [-0.1, -0.05) is 48.5 Å². The molecule has 1 aliphatic heterocycles. The predicted octanol–water partition coefficient (Wildman–Crippen LogP) is 4.86. The maximum absolute atomic E-state index is 13.6. The largest absolute Gasteiger partial charge is 0.488 e. The van der Waals surface area contributed by atoms with E-state index < -0.39 is 22.7 Å². The van der Waals surface area contributed by atoms with Crippen molar-refractivity contribution in [3.05, 3.63) is 117 Å². The summed E-state index contributed by atoms with van der Waals surface area (Å²) in [5.41, 5.74) is 0.805. The number of nitro benzene ring substituents is 1. The second kappa shape index (κ2) is 10.8. The number of benzene rings is 4. The van der Waals surface area contributed by atoms with Gasteiger partial charge in [0, 0.05) is 17.7 Å². The minimum Gasteiger partial charge on any atom is -0.488 e. The molecule has 5 rings (SSSR count). The molecule has 1 heterocycles. The molecule has 40 heavy (non-hydrogen) atoms. The molecule has 1 aliphatic rings. The molecule has 10 nitrogen and oxygen atoms in total. The van der Waals surface area contributed by atoms with Crippen LogP contribution in [-0.4, -0.2) is 32.9 Å². The second-order valence-corrected chi connectivity index (χ2v) is 9.11. The van der Waals surface area contributed by atoms with Gasteiger partial charge in [-0.2, -0.15) is 0 Å². The van der Waals surface area contributed by atoms with E-state index in [2.05, 4.69) is 5.32 Å². The number of non-ortho nitro benzene ring substituents is 1. The first-order valence-corrected chi connectivity index (χ1v) is 12.3. The van der Waals surface area contributed by atoms with Gasteiger partial charge in [0.05, 0.1) is 16.2 Å². The van der Waals surface area contributed by atoms with Crippen molar-refractivity contribution >= 4 is 63.3 Å². The summed E-state index contributed by atoms with van der Waals surface area (Å²) < 4.78 is 6.04. The normalized spacial score (nSPS) is 14.3. The first-order chi connectivity index (χ1) is 19.2. The van der Waals surface area contributed by atoms with Crippen LogP contribution in [0.4, 0.5) is 11.4 Å². The summed E-state index contributed by atoms with van der Waals surface area (Å²) in [6.45, 7) is -0.00543. The standard InChI is InChI=1S/C29H19N3O7S/c33-26-24(27(34)31(29(40)30-26)20-8-4-7-19(14-20)28(35)36)15-23-22-10-2-1-6-18(22)11-12-25(23)39-16-17-5-3-9-21(13-17)32(37)38/h1-15H,16H2,(H,35,36)(H,30,33,40). The Kier molecular flexibility index (Phi) is 7.04. The Labute approximate surface area is 232 Å². The van der Waals surface area contributed by atoms with Crippen LogP contribution >= 0.6 is 12.2 Å². The molecule has 0 radical (unpaired) electrons. The van der Waals surface area contributed by atoms with Crippen molar-refractivity contribution in [1.29, 1.82) is 0 Å². The van der Waals surface area contributed by atoms with Crippen molar-refractivity contribution in [2.24, 2.45) is 0 Å². The Morgan fingerprint density at radius 3 is 2.58 bits per heavy atom. The molecule has 0 atom stereocenters. The molecule has 0 aromatic heterocycles. The molecule has 0 saturated carbocycles. The number of amides is 2. The van der Waals surface area contributed by atoms with Gasteiger partial charge in [0.15, 0.2) is 5.11 Å². The maximum Gasteiger partial charge on any atom is 0.335 e. The van der Waals surface area contributed by atoms with E-state index in [1.807, 2.05) is 24.3 Å². The smallest absolute Gasteiger partial charge is 0.335 e. The van der Waals surface area contributed by atoms with Gasteiger partial charge >= 0.3 is 5.97 Å². The molecule has 2 amide bonds. The van der Waals surface area contributed by atoms with Gasteiger partial charge in [0.25, 0.3) is 17.5 Å². The number of ether oxygens (including phenoxy) is 1. The highest BCUT2D eigenvalue weighted by atomic mass is 32.1. The number of carboxylic acids is 1. The quantitative estimate of drug-likeness (QED) is 0.109. The number of carbonyl (C=O) groups is 3. The zero-order chi connectivity index (χ0) is 28.4. The number of nitrogens with one attached hydrogen (secondary N) is 1. The van der Waals surface area contributed by atoms with Crippen LogP contribution in [0.15, 0.2) is 90.5 Å². The van der Waals surface area contributed by atoms with E-state index in [-0.39, 0.29) is 34.2 Å². The Bertz CT molecular complexity index is 1770. The van der Waals surface area contributed by atoms with Crippen LogP contribution < -0.4 is 15.0 Å². The van der Waals surface area contributed by atoms with Crippen molar-refractivity contribution in [1.82, 2.24) is 5.32 Å². The van der Waals surface area contributed by atoms with Crippen molar-refractivity contribution < 1.29 is 29.2 Å². The van der Waals surface area contributed by atoms with Crippen LogP contribution in [0.25, 0.3) is 16.8 Å². The van der Waals surface area contributed by atoms with E-state index in [1.54, 1.807) is 24.3 Å². The van der Waals surface area contributed by atoms with E-state index in [4.69, 9.17) is 17.0 Å². The third kappa shape index (κ3) is 5.13. The van der Waals surface area contributed by atoms with Crippen molar-refractivity contribution in [2.75, 3.05) is 4.90 Å². The van der Waals surface area contributed by atoms with Crippen molar-refractivity contribution in [3.63, 3.8) is 0 Å². The number of thiocarbonyl (C=S) groups is 1. The van der Waals surface area contributed by atoms with Gasteiger partial charge in [0.2, 0.25) is 0 Å². The number of nitro groups is 1. The van der Waals surface area contributed by atoms with Crippen LogP contribution in [-0.2, 0) is 16.2 Å². The zero-order valence-electron chi connectivity index (χ0n) is 20.6. The SMILES string of the molecule is O=C1NC(=S)N(c2cccc(C(=O)O)c2)C(=O)C1=Cc1c(OCc2cccc([N+](=O)[O-])c2)ccc2ccccc12. The third-order valence-corrected chi connectivity index (χ3v) is 6.47. The molecule has 198 valence electrons. The lowest BCUT2D eigenvalue weighted by molar-refractivity contribution is -0.384. The molecule has 4 aromatic rings. The van der Waals surface area contributed by atoms with Crippen LogP contribution in [0, 0.1) is 10.1 Å². The summed E-state index contributed by atoms with van der Waals surface area (Å²) in [5.74, 6) is -2.31. The number of carbonyl (C=O) groups excluding carboxylic acids is 2. The summed E-state index contributed by atoms with van der Waals surface area (Å²) in [4.78, 5) is 49.8. The van der Waals surface area contributed by atoms with E-state index in [0.717, 1.165) is 10.3 Å². The topological polar surface area (TPSA) is 139 Å². The number of hydrogen-bond donors (Lipinski definition) is 2. The maximum atomic E-state index is 13.6. The van der Waals surface area contributed by atoms with Crippen LogP contribution in [0.5, 0.6) is 5.75 Å². The number of fused-ring (bicyclic) bond motifs is 1. The van der Waals surface area contributed by atoms with Crippen LogP contribution in [0.1, 0.15) is 21.5 Å². The molecule has 2 N–H and O–H groups in total. The van der Waals surface area contributed by atoms with E-state index in [1.165, 1.54) is 42.5 Å². The lowest BCUT2D eigenvalue weighted by atomic mass is 9.99. The first-order valence-electron chi connectivity index (χ1n) is 11.9.